The number of anilines is 1. The largest absolute Gasteiger partial charge is 0.507 e. The molecular formula is C16H13ClN2O2. The maximum absolute atomic E-state index is 12.6. The molecule has 0 saturated carbocycles. The fourth-order valence-corrected chi connectivity index (χ4v) is 2.11. The van der Waals surface area contributed by atoms with Crippen molar-refractivity contribution >= 4 is 23.2 Å². The van der Waals surface area contributed by atoms with Crippen LogP contribution in [0.25, 0.3) is 0 Å². The first-order valence-corrected chi connectivity index (χ1v) is 6.73. The van der Waals surface area contributed by atoms with Crippen LogP contribution in [0, 0.1) is 11.3 Å². The van der Waals surface area contributed by atoms with Gasteiger partial charge in [-0.05, 0) is 30.3 Å². The molecule has 0 saturated heterocycles. The molecule has 5 heteroatoms. The van der Waals surface area contributed by atoms with E-state index in [-0.39, 0.29) is 24.3 Å². The number of hydrogen-bond donors (Lipinski definition) is 1. The molecule has 106 valence electrons. The minimum Gasteiger partial charge on any atom is -0.507 e. The number of para-hydroxylation sites is 1. The van der Waals surface area contributed by atoms with E-state index < -0.39 is 5.91 Å². The average molecular weight is 301 g/mol. The van der Waals surface area contributed by atoms with Crippen molar-refractivity contribution in [2.75, 3.05) is 11.4 Å². The van der Waals surface area contributed by atoms with Crippen molar-refractivity contribution in [3.05, 3.63) is 59.1 Å². The number of benzene rings is 2. The van der Waals surface area contributed by atoms with Crippen molar-refractivity contribution in [3.8, 4) is 11.8 Å². The van der Waals surface area contributed by atoms with E-state index in [0.29, 0.717) is 10.7 Å². The van der Waals surface area contributed by atoms with Crippen LogP contribution in [-0.2, 0) is 0 Å². The zero-order valence-electron chi connectivity index (χ0n) is 11.2. The van der Waals surface area contributed by atoms with Crippen LogP contribution in [0.5, 0.6) is 5.75 Å². The number of carbonyl (C=O) groups is 1. The van der Waals surface area contributed by atoms with Crippen LogP contribution >= 0.6 is 11.6 Å². The molecule has 0 aromatic heterocycles. The molecule has 1 N–H and O–H groups in total. The monoisotopic (exact) mass is 300 g/mol. The van der Waals surface area contributed by atoms with E-state index >= 15 is 0 Å². The quantitative estimate of drug-likeness (QED) is 0.938. The van der Waals surface area contributed by atoms with Crippen molar-refractivity contribution in [3.63, 3.8) is 0 Å². The third kappa shape index (κ3) is 3.53. The maximum Gasteiger partial charge on any atom is 0.262 e. The average Bonchev–Trinajstić information content (AvgIpc) is 2.51. The number of phenolic OH excluding ortho intramolecular Hbond substituents is 1. The fraction of sp³-hybridized carbons (Fsp3) is 0.125. The van der Waals surface area contributed by atoms with Crippen molar-refractivity contribution in [1.82, 2.24) is 0 Å². The van der Waals surface area contributed by atoms with E-state index in [1.807, 2.05) is 12.1 Å². The van der Waals surface area contributed by atoms with Gasteiger partial charge >= 0.3 is 0 Å². The standard InChI is InChI=1S/C16H13ClN2O2/c17-12-7-8-15(20)14(11-12)16(21)19(10-4-9-18)13-5-2-1-3-6-13/h1-3,5-8,11,20H,4,10H2. The van der Waals surface area contributed by atoms with E-state index in [9.17, 15) is 9.90 Å². The predicted octanol–water partition coefficient (Wildman–Crippen LogP) is 3.61. The number of phenols is 1. The minimum atomic E-state index is -0.392. The highest BCUT2D eigenvalue weighted by Gasteiger charge is 2.20. The van der Waals surface area contributed by atoms with Gasteiger partial charge in [0.15, 0.2) is 0 Å². The molecule has 0 aliphatic carbocycles. The molecule has 0 heterocycles. The predicted molar refractivity (Wildman–Crippen MR) is 81.5 cm³/mol. The van der Waals surface area contributed by atoms with Crippen molar-refractivity contribution in [2.45, 2.75) is 6.42 Å². The third-order valence-corrected chi connectivity index (χ3v) is 3.18. The maximum atomic E-state index is 12.6. The lowest BCUT2D eigenvalue weighted by atomic mass is 10.1. The summed E-state index contributed by atoms with van der Waals surface area (Å²) in [5.41, 5.74) is 0.779. The molecule has 0 bridgehead atoms. The lowest BCUT2D eigenvalue weighted by Gasteiger charge is -2.22. The summed E-state index contributed by atoms with van der Waals surface area (Å²) in [4.78, 5) is 14.1. The third-order valence-electron chi connectivity index (χ3n) is 2.95. The SMILES string of the molecule is N#CCCN(C(=O)c1cc(Cl)ccc1O)c1ccccc1. The number of amides is 1. The Balaban J connectivity index is 2.39. The molecule has 2 aromatic carbocycles. The van der Waals surface area contributed by atoms with Gasteiger partial charge in [0, 0.05) is 17.3 Å². The Morgan fingerprint density at radius 1 is 1.24 bits per heavy atom. The van der Waals surface area contributed by atoms with E-state index in [0.717, 1.165) is 0 Å². The van der Waals surface area contributed by atoms with Crippen LogP contribution in [-0.4, -0.2) is 17.6 Å². The normalized spacial score (nSPS) is 9.90. The lowest BCUT2D eigenvalue weighted by Crippen LogP contribution is -2.31. The molecule has 4 nitrogen and oxygen atoms in total. The molecular weight excluding hydrogens is 288 g/mol. The number of carbonyl (C=O) groups excluding carboxylic acids is 1. The van der Waals surface area contributed by atoms with Crippen molar-refractivity contribution in [1.29, 1.82) is 5.26 Å². The van der Waals surface area contributed by atoms with E-state index in [2.05, 4.69) is 0 Å². The molecule has 0 fully saturated rings. The zero-order valence-corrected chi connectivity index (χ0v) is 11.9. The van der Waals surface area contributed by atoms with Crippen LogP contribution in [0.15, 0.2) is 48.5 Å². The van der Waals surface area contributed by atoms with Gasteiger partial charge in [-0.25, -0.2) is 0 Å². The molecule has 1 amide bonds. The lowest BCUT2D eigenvalue weighted by molar-refractivity contribution is 0.0985. The first-order chi connectivity index (χ1) is 10.1. The molecule has 2 rings (SSSR count). The number of hydrogen-bond acceptors (Lipinski definition) is 3. The highest BCUT2D eigenvalue weighted by atomic mass is 35.5. The molecule has 2 aromatic rings. The van der Waals surface area contributed by atoms with Gasteiger partial charge in [-0.2, -0.15) is 5.26 Å². The van der Waals surface area contributed by atoms with E-state index in [1.54, 1.807) is 24.3 Å². The van der Waals surface area contributed by atoms with Crippen molar-refractivity contribution < 1.29 is 9.90 Å². The highest BCUT2D eigenvalue weighted by Crippen LogP contribution is 2.25. The van der Waals surface area contributed by atoms with Gasteiger partial charge in [-0.15, -0.1) is 0 Å². The Labute approximate surface area is 127 Å². The topological polar surface area (TPSA) is 64.3 Å². The number of nitrogens with zero attached hydrogens (tertiary/aromatic N) is 2. The number of nitriles is 1. The second kappa shape index (κ2) is 6.78. The molecule has 0 aliphatic rings. The summed E-state index contributed by atoms with van der Waals surface area (Å²) in [6.07, 6.45) is 0.196. The summed E-state index contributed by atoms with van der Waals surface area (Å²) < 4.78 is 0. The Kier molecular flexibility index (Phi) is 4.81. The first-order valence-electron chi connectivity index (χ1n) is 6.36. The molecule has 21 heavy (non-hydrogen) atoms. The minimum absolute atomic E-state index is 0.115. The zero-order chi connectivity index (χ0) is 15.2. The molecule has 0 radical (unpaired) electrons. The van der Waals surface area contributed by atoms with Crippen LogP contribution in [0.1, 0.15) is 16.8 Å². The Bertz CT molecular complexity index is 680. The van der Waals surface area contributed by atoms with E-state index in [1.165, 1.54) is 23.1 Å². The Hall–Kier alpha value is -2.51. The number of halogens is 1. The van der Waals surface area contributed by atoms with Gasteiger partial charge in [-0.1, -0.05) is 29.8 Å². The summed E-state index contributed by atoms with van der Waals surface area (Å²) in [6, 6.07) is 15.3. The Morgan fingerprint density at radius 3 is 2.62 bits per heavy atom. The molecule has 0 unspecified atom stereocenters. The van der Waals surface area contributed by atoms with Gasteiger partial charge in [0.2, 0.25) is 0 Å². The number of rotatable bonds is 4. The van der Waals surface area contributed by atoms with Gasteiger partial charge in [0.25, 0.3) is 5.91 Å². The van der Waals surface area contributed by atoms with Gasteiger partial charge in [0.05, 0.1) is 18.1 Å². The number of aromatic hydroxyl groups is 1. The highest BCUT2D eigenvalue weighted by molar-refractivity contribution is 6.31. The second-order valence-corrected chi connectivity index (χ2v) is 4.80. The van der Waals surface area contributed by atoms with Gasteiger partial charge in [-0.3, -0.25) is 4.79 Å². The Morgan fingerprint density at radius 2 is 1.95 bits per heavy atom. The molecule has 0 spiro atoms. The van der Waals surface area contributed by atoms with Crippen molar-refractivity contribution in [2.24, 2.45) is 0 Å². The molecule has 0 atom stereocenters. The summed E-state index contributed by atoms with van der Waals surface area (Å²) in [6.45, 7) is 0.241. The second-order valence-electron chi connectivity index (χ2n) is 4.36. The van der Waals surface area contributed by atoms with Gasteiger partial charge < -0.3 is 10.0 Å². The fourth-order valence-electron chi connectivity index (χ4n) is 1.94. The summed E-state index contributed by atoms with van der Waals surface area (Å²) in [7, 11) is 0. The summed E-state index contributed by atoms with van der Waals surface area (Å²) in [5.74, 6) is -0.529. The molecule has 0 aliphatic heterocycles. The van der Waals surface area contributed by atoms with Crippen LogP contribution in [0.2, 0.25) is 5.02 Å². The smallest absolute Gasteiger partial charge is 0.262 e. The van der Waals surface area contributed by atoms with Crippen LogP contribution in [0.4, 0.5) is 5.69 Å². The van der Waals surface area contributed by atoms with E-state index in [4.69, 9.17) is 16.9 Å². The van der Waals surface area contributed by atoms with Gasteiger partial charge in [0.1, 0.15) is 5.75 Å². The van der Waals surface area contributed by atoms with Crippen LogP contribution in [0.3, 0.4) is 0 Å². The summed E-state index contributed by atoms with van der Waals surface area (Å²) in [5, 5.41) is 19.0. The first kappa shape index (κ1) is 14.9. The van der Waals surface area contributed by atoms with Crippen LogP contribution < -0.4 is 4.90 Å². The summed E-state index contributed by atoms with van der Waals surface area (Å²) >= 11 is 5.88.